The van der Waals surface area contributed by atoms with Crippen LogP contribution in [-0.2, 0) is 6.54 Å². The molecule has 188 valence electrons. The third-order valence-corrected chi connectivity index (χ3v) is 7.76. The van der Waals surface area contributed by atoms with Crippen LogP contribution in [0.4, 0.5) is 11.8 Å². The van der Waals surface area contributed by atoms with Gasteiger partial charge in [0.05, 0.1) is 33.8 Å². The van der Waals surface area contributed by atoms with E-state index < -0.39 is 24.2 Å². The van der Waals surface area contributed by atoms with Crippen LogP contribution >= 0.6 is 11.3 Å². The summed E-state index contributed by atoms with van der Waals surface area (Å²) in [6, 6.07) is 9.71. The van der Waals surface area contributed by atoms with Crippen LogP contribution in [0.5, 0.6) is 0 Å². The van der Waals surface area contributed by atoms with Crippen LogP contribution in [0.15, 0.2) is 36.5 Å². The van der Waals surface area contributed by atoms with Gasteiger partial charge in [-0.15, -0.1) is 11.3 Å². The van der Waals surface area contributed by atoms with Crippen LogP contribution in [0.25, 0.3) is 20.8 Å². The van der Waals surface area contributed by atoms with Crippen molar-refractivity contribution in [1.29, 1.82) is 0 Å². The first-order valence-electron chi connectivity index (χ1n) is 12.0. The van der Waals surface area contributed by atoms with Gasteiger partial charge in [-0.3, -0.25) is 4.98 Å². The summed E-state index contributed by atoms with van der Waals surface area (Å²) in [5.74, 6) is 0.567. The molecular formula is C26H30N6O3S. The van der Waals surface area contributed by atoms with Crippen molar-refractivity contribution in [3.05, 3.63) is 59.0 Å². The van der Waals surface area contributed by atoms with Gasteiger partial charge in [0, 0.05) is 25.3 Å². The third-order valence-electron chi connectivity index (χ3n) is 6.72. The van der Waals surface area contributed by atoms with E-state index in [-0.39, 0.29) is 6.61 Å². The summed E-state index contributed by atoms with van der Waals surface area (Å²) in [5, 5.41) is 38.0. The molecule has 4 aromatic rings. The predicted octanol–water partition coefficient (Wildman–Crippen LogP) is 3.20. The van der Waals surface area contributed by atoms with E-state index in [1.165, 1.54) is 16.9 Å². The lowest BCUT2D eigenvalue weighted by atomic mass is 10.1. The molecule has 9 nitrogen and oxygen atoms in total. The van der Waals surface area contributed by atoms with Crippen LogP contribution < -0.4 is 10.6 Å². The Labute approximate surface area is 213 Å². The number of thiazole rings is 1. The highest BCUT2D eigenvalue weighted by molar-refractivity contribution is 7.21. The second-order valence-corrected chi connectivity index (χ2v) is 10.4. The molecule has 0 amide bonds. The van der Waals surface area contributed by atoms with Crippen molar-refractivity contribution in [2.24, 2.45) is 5.92 Å². The topological polar surface area (TPSA) is 136 Å². The Morgan fingerprint density at radius 2 is 1.75 bits per heavy atom. The van der Waals surface area contributed by atoms with E-state index in [2.05, 4.69) is 46.8 Å². The van der Waals surface area contributed by atoms with Gasteiger partial charge in [-0.1, -0.05) is 29.8 Å². The summed E-state index contributed by atoms with van der Waals surface area (Å²) in [5.41, 5.74) is 5.46. The number of nitrogens with zero attached hydrogens (tertiary/aromatic N) is 4. The van der Waals surface area contributed by atoms with E-state index in [1.54, 1.807) is 6.20 Å². The second kappa shape index (κ2) is 10.1. The molecule has 3 aromatic heterocycles. The molecule has 5 rings (SSSR count). The maximum atomic E-state index is 10.6. The number of pyridine rings is 1. The Bertz CT molecular complexity index is 1380. The maximum Gasteiger partial charge on any atom is 0.225 e. The van der Waals surface area contributed by atoms with Crippen molar-refractivity contribution in [3.63, 3.8) is 0 Å². The normalized spacial score (nSPS) is 21.7. The number of nitrogens with one attached hydrogen (secondary N) is 2. The lowest BCUT2D eigenvalue weighted by Gasteiger charge is -2.21. The van der Waals surface area contributed by atoms with Crippen molar-refractivity contribution in [2.75, 3.05) is 17.2 Å². The second-order valence-electron chi connectivity index (χ2n) is 9.37. The van der Waals surface area contributed by atoms with E-state index in [0.29, 0.717) is 24.7 Å². The predicted molar refractivity (Wildman–Crippen MR) is 141 cm³/mol. The molecule has 0 bridgehead atoms. The number of aliphatic hydroxyl groups is 3. The van der Waals surface area contributed by atoms with Gasteiger partial charge in [-0.05, 0) is 38.8 Å². The molecule has 0 spiro atoms. The first kappa shape index (κ1) is 24.5. The fourth-order valence-electron chi connectivity index (χ4n) is 4.61. The third kappa shape index (κ3) is 4.77. The SMILES string of the molecule is Cc1ccc(CNc2nc(C)c(-c3nc4c(C)nccc4s3)c(N[C@@H]3C[C@H](CO)[C@@H](O)[C@H]3O)n2)cc1. The molecule has 0 aliphatic heterocycles. The van der Waals surface area contributed by atoms with Gasteiger partial charge in [-0.25, -0.2) is 9.97 Å². The Balaban J connectivity index is 1.52. The van der Waals surface area contributed by atoms with Gasteiger partial charge >= 0.3 is 0 Å². The van der Waals surface area contributed by atoms with Gasteiger partial charge in [0.15, 0.2) is 0 Å². The molecule has 1 fully saturated rings. The summed E-state index contributed by atoms with van der Waals surface area (Å²) in [6.07, 6.45) is 0.146. The fraction of sp³-hybridized carbons (Fsp3) is 0.385. The maximum absolute atomic E-state index is 10.6. The molecule has 3 heterocycles. The lowest BCUT2D eigenvalue weighted by Crippen LogP contribution is -2.35. The molecule has 0 unspecified atom stereocenters. The molecule has 10 heteroatoms. The van der Waals surface area contributed by atoms with Crippen LogP contribution in [0.3, 0.4) is 0 Å². The number of aromatic nitrogens is 4. The monoisotopic (exact) mass is 506 g/mol. The van der Waals surface area contributed by atoms with Crippen LogP contribution in [-0.4, -0.2) is 60.1 Å². The van der Waals surface area contributed by atoms with Crippen LogP contribution in [0.1, 0.15) is 28.9 Å². The largest absolute Gasteiger partial charge is 0.396 e. The quantitative estimate of drug-likeness (QED) is 0.256. The summed E-state index contributed by atoms with van der Waals surface area (Å²) < 4.78 is 1.01. The molecule has 4 atom stereocenters. The zero-order valence-electron chi connectivity index (χ0n) is 20.4. The number of anilines is 2. The Hall–Kier alpha value is -3.18. The van der Waals surface area contributed by atoms with Crippen LogP contribution in [0.2, 0.25) is 0 Å². The zero-order chi connectivity index (χ0) is 25.4. The highest BCUT2D eigenvalue weighted by Crippen LogP contribution is 2.38. The molecule has 0 radical (unpaired) electrons. The highest BCUT2D eigenvalue weighted by Gasteiger charge is 2.41. The minimum absolute atomic E-state index is 0.195. The molecule has 1 saturated carbocycles. The number of aliphatic hydroxyl groups excluding tert-OH is 3. The average molecular weight is 507 g/mol. The minimum atomic E-state index is -1.03. The molecule has 5 N–H and O–H groups in total. The number of benzene rings is 1. The number of aryl methyl sites for hydroxylation is 3. The Morgan fingerprint density at radius 1 is 0.972 bits per heavy atom. The summed E-state index contributed by atoms with van der Waals surface area (Å²) in [6.45, 7) is 6.25. The summed E-state index contributed by atoms with van der Waals surface area (Å²) in [7, 11) is 0. The number of fused-ring (bicyclic) bond motifs is 1. The van der Waals surface area contributed by atoms with E-state index in [4.69, 9.17) is 15.0 Å². The summed E-state index contributed by atoms with van der Waals surface area (Å²) in [4.78, 5) is 18.7. The van der Waals surface area contributed by atoms with Gasteiger partial charge in [0.2, 0.25) is 5.95 Å². The van der Waals surface area contributed by atoms with E-state index >= 15 is 0 Å². The van der Waals surface area contributed by atoms with Crippen molar-refractivity contribution in [3.8, 4) is 10.6 Å². The first-order chi connectivity index (χ1) is 17.3. The molecule has 1 aliphatic rings. The smallest absolute Gasteiger partial charge is 0.225 e. The van der Waals surface area contributed by atoms with Gasteiger partial charge in [0.25, 0.3) is 0 Å². The van der Waals surface area contributed by atoms with Gasteiger partial charge in [-0.2, -0.15) is 4.98 Å². The Kier molecular flexibility index (Phi) is 6.85. The minimum Gasteiger partial charge on any atom is -0.396 e. The van der Waals surface area contributed by atoms with E-state index in [1.807, 2.05) is 19.9 Å². The first-order valence-corrected chi connectivity index (χ1v) is 12.8. The number of rotatable bonds is 7. The van der Waals surface area contributed by atoms with Gasteiger partial charge in [0.1, 0.15) is 22.4 Å². The molecule has 1 aliphatic carbocycles. The van der Waals surface area contributed by atoms with Crippen molar-refractivity contribution in [1.82, 2.24) is 19.9 Å². The lowest BCUT2D eigenvalue weighted by molar-refractivity contribution is 0.00446. The molecular weight excluding hydrogens is 476 g/mol. The Morgan fingerprint density at radius 3 is 2.44 bits per heavy atom. The number of hydrogen-bond donors (Lipinski definition) is 5. The number of hydrogen-bond acceptors (Lipinski definition) is 10. The highest BCUT2D eigenvalue weighted by atomic mass is 32.1. The summed E-state index contributed by atoms with van der Waals surface area (Å²) >= 11 is 1.53. The van der Waals surface area contributed by atoms with Crippen molar-refractivity contribution < 1.29 is 15.3 Å². The average Bonchev–Trinajstić information content (AvgIpc) is 3.41. The standard InChI is InChI=1S/C26H30N6O3S/c1-13-4-6-16(7-5-13)11-28-26-29-14(2)20(25-31-21-15(3)27-9-8-19(21)36-25)24(32-26)30-18-10-17(12-33)22(34)23(18)35/h4-9,17-18,22-23,33-35H,10-12H2,1-3H3,(H2,28,29,30,32)/t17-,18-,22-,23+/m1/s1. The fourth-order valence-corrected chi connectivity index (χ4v) is 5.72. The van der Waals surface area contributed by atoms with Gasteiger partial charge < -0.3 is 26.0 Å². The van der Waals surface area contributed by atoms with E-state index in [9.17, 15) is 15.3 Å². The molecule has 1 aromatic carbocycles. The molecule has 0 saturated heterocycles. The molecule has 36 heavy (non-hydrogen) atoms. The van der Waals surface area contributed by atoms with Crippen LogP contribution in [0, 0.1) is 26.7 Å². The van der Waals surface area contributed by atoms with Crippen molar-refractivity contribution >= 4 is 33.3 Å². The van der Waals surface area contributed by atoms with E-state index in [0.717, 1.165) is 37.7 Å². The van der Waals surface area contributed by atoms with Crippen molar-refractivity contribution in [2.45, 2.75) is 52.0 Å². The zero-order valence-corrected chi connectivity index (χ0v) is 21.3.